The maximum atomic E-state index is 9.08. The molecule has 20 heavy (non-hydrogen) atoms. The van der Waals surface area contributed by atoms with Crippen LogP contribution in [0.4, 0.5) is 0 Å². The Bertz CT molecular complexity index is 358. The molecule has 0 aliphatic rings. The SMILES string of the molecule is CCCC(CCO)CNC(=NCc1ccn[nH]1)NCC. The van der Waals surface area contributed by atoms with Crippen LogP contribution < -0.4 is 10.6 Å². The van der Waals surface area contributed by atoms with Crippen molar-refractivity contribution in [1.29, 1.82) is 0 Å². The molecule has 0 aromatic carbocycles. The van der Waals surface area contributed by atoms with Gasteiger partial charge in [0, 0.05) is 25.9 Å². The maximum Gasteiger partial charge on any atom is 0.191 e. The van der Waals surface area contributed by atoms with Crippen molar-refractivity contribution in [2.45, 2.75) is 39.7 Å². The van der Waals surface area contributed by atoms with Crippen molar-refractivity contribution in [2.24, 2.45) is 10.9 Å². The van der Waals surface area contributed by atoms with Crippen molar-refractivity contribution in [1.82, 2.24) is 20.8 Å². The fourth-order valence-corrected chi connectivity index (χ4v) is 2.06. The molecule has 1 aromatic rings. The van der Waals surface area contributed by atoms with Crippen LogP contribution in [0.25, 0.3) is 0 Å². The molecule has 6 nitrogen and oxygen atoms in total. The number of aromatic amines is 1. The second-order valence-corrected chi connectivity index (χ2v) is 4.82. The number of H-pyrrole nitrogens is 1. The van der Waals surface area contributed by atoms with Crippen LogP contribution in [-0.2, 0) is 6.54 Å². The first-order valence-electron chi connectivity index (χ1n) is 7.41. The largest absolute Gasteiger partial charge is 0.396 e. The number of nitrogens with zero attached hydrogens (tertiary/aromatic N) is 2. The number of hydrogen-bond donors (Lipinski definition) is 4. The minimum Gasteiger partial charge on any atom is -0.396 e. The third kappa shape index (κ3) is 6.56. The lowest BCUT2D eigenvalue weighted by molar-refractivity contribution is 0.251. The Labute approximate surface area is 121 Å². The molecule has 1 heterocycles. The van der Waals surface area contributed by atoms with E-state index >= 15 is 0 Å². The smallest absolute Gasteiger partial charge is 0.191 e. The van der Waals surface area contributed by atoms with Gasteiger partial charge in [-0.05, 0) is 31.7 Å². The molecule has 0 saturated carbocycles. The fraction of sp³-hybridized carbons (Fsp3) is 0.714. The van der Waals surface area contributed by atoms with E-state index in [9.17, 15) is 0 Å². The number of rotatable bonds is 9. The molecule has 1 unspecified atom stereocenters. The zero-order chi connectivity index (χ0) is 14.6. The first-order chi connectivity index (χ1) is 9.80. The number of aromatic nitrogens is 2. The van der Waals surface area contributed by atoms with E-state index in [1.807, 2.05) is 13.0 Å². The molecular formula is C14H27N5O. The number of guanidine groups is 1. The topological polar surface area (TPSA) is 85.3 Å². The predicted molar refractivity (Wildman–Crippen MR) is 81.5 cm³/mol. The van der Waals surface area contributed by atoms with Crippen molar-refractivity contribution < 1.29 is 5.11 Å². The molecule has 0 amide bonds. The number of aliphatic hydroxyl groups is 1. The highest BCUT2D eigenvalue weighted by Crippen LogP contribution is 2.09. The van der Waals surface area contributed by atoms with Crippen LogP contribution in [0.15, 0.2) is 17.3 Å². The molecule has 1 rings (SSSR count). The lowest BCUT2D eigenvalue weighted by Gasteiger charge is -2.18. The Morgan fingerprint density at radius 1 is 1.40 bits per heavy atom. The van der Waals surface area contributed by atoms with Gasteiger partial charge in [-0.1, -0.05) is 13.3 Å². The van der Waals surface area contributed by atoms with E-state index in [4.69, 9.17) is 5.11 Å². The monoisotopic (exact) mass is 281 g/mol. The molecule has 114 valence electrons. The zero-order valence-electron chi connectivity index (χ0n) is 12.5. The lowest BCUT2D eigenvalue weighted by atomic mass is 10.0. The van der Waals surface area contributed by atoms with Crippen LogP contribution in [0.2, 0.25) is 0 Å². The summed E-state index contributed by atoms with van der Waals surface area (Å²) in [4.78, 5) is 4.51. The Hall–Kier alpha value is -1.56. The standard InChI is InChI=1S/C14H27N5O/c1-3-5-12(7-9-20)10-16-14(15-4-2)17-11-13-6-8-18-19-13/h6,8,12,20H,3-5,7,9-11H2,1-2H3,(H,18,19)(H2,15,16,17). The minimum atomic E-state index is 0.244. The van der Waals surface area contributed by atoms with Gasteiger partial charge in [0.25, 0.3) is 0 Å². The van der Waals surface area contributed by atoms with Crippen LogP contribution in [0.1, 0.15) is 38.8 Å². The molecule has 0 aliphatic carbocycles. The summed E-state index contributed by atoms with van der Waals surface area (Å²) in [5.41, 5.74) is 0.989. The molecular weight excluding hydrogens is 254 g/mol. The van der Waals surface area contributed by atoms with E-state index < -0.39 is 0 Å². The Morgan fingerprint density at radius 2 is 2.25 bits per heavy atom. The van der Waals surface area contributed by atoms with Crippen LogP contribution in [-0.4, -0.2) is 41.0 Å². The summed E-state index contributed by atoms with van der Waals surface area (Å²) in [6.45, 7) is 6.70. The van der Waals surface area contributed by atoms with Gasteiger partial charge in [-0.2, -0.15) is 5.10 Å². The summed E-state index contributed by atoms with van der Waals surface area (Å²) in [5, 5.41) is 22.4. The summed E-state index contributed by atoms with van der Waals surface area (Å²) in [7, 11) is 0. The summed E-state index contributed by atoms with van der Waals surface area (Å²) >= 11 is 0. The van der Waals surface area contributed by atoms with Crippen molar-refractivity contribution in [2.75, 3.05) is 19.7 Å². The Balaban J connectivity index is 2.46. The molecule has 0 radical (unpaired) electrons. The molecule has 1 aromatic heterocycles. The van der Waals surface area contributed by atoms with Crippen molar-refractivity contribution in [3.63, 3.8) is 0 Å². The summed E-state index contributed by atoms with van der Waals surface area (Å²) in [5.74, 6) is 1.29. The average Bonchev–Trinajstić information content (AvgIpc) is 2.95. The number of aliphatic hydroxyl groups excluding tert-OH is 1. The number of nitrogens with one attached hydrogen (secondary N) is 3. The summed E-state index contributed by atoms with van der Waals surface area (Å²) in [6.07, 6.45) is 4.81. The van der Waals surface area contributed by atoms with Gasteiger partial charge in [0.05, 0.1) is 12.2 Å². The van der Waals surface area contributed by atoms with Gasteiger partial charge in [0.15, 0.2) is 5.96 Å². The van der Waals surface area contributed by atoms with Crippen molar-refractivity contribution in [3.05, 3.63) is 18.0 Å². The predicted octanol–water partition coefficient (Wildman–Crippen LogP) is 1.26. The maximum absolute atomic E-state index is 9.08. The third-order valence-electron chi connectivity index (χ3n) is 3.10. The molecule has 0 saturated heterocycles. The van der Waals surface area contributed by atoms with Gasteiger partial charge in [0.1, 0.15) is 0 Å². The van der Waals surface area contributed by atoms with Crippen LogP contribution >= 0.6 is 0 Å². The number of aliphatic imine (C=N–C) groups is 1. The van der Waals surface area contributed by atoms with E-state index in [0.717, 1.165) is 44.0 Å². The van der Waals surface area contributed by atoms with Gasteiger partial charge in [0.2, 0.25) is 0 Å². The highest BCUT2D eigenvalue weighted by molar-refractivity contribution is 5.79. The highest BCUT2D eigenvalue weighted by Gasteiger charge is 2.08. The molecule has 4 N–H and O–H groups in total. The van der Waals surface area contributed by atoms with E-state index in [-0.39, 0.29) is 6.61 Å². The van der Waals surface area contributed by atoms with Gasteiger partial charge >= 0.3 is 0 Å². The minimum absolute atomic E-state index is 0.244. The van der Waals surface area contributed by atoms with Gasteiger partial charge in [-0.25, -0.2) is 4.99 Å². The van der Waals surface area contributed by atoms with Crippen LogP contribution in [0.5, 0.6) is 0 Å². The summed E-state index contributed by atoms with van der Waals surface area (Å²) in [6, 6.07) is 1.92. The first-order valence-corrected chi connectivity index (χ1v) is 7.41. The van der Waals surface area contributed by atoms with Crippen LogP contribution in [0.3, 0.4) is 0 Å². The molecule has 0 bridgehead atoms. The van der Waals surface area contributed by atoms with Gasteiger partial charge < -0.3 is 15.7 Å². The second-order valence-electron chi connectivity index (χ2n) is 4.82. The Morgan fingerprint density at radius 3 is 2.85 bits per heavy atom. The molecule has 0 fully saturated rings. The van der Waals surface area contributed by atoms with Gasteiger partial charge in [-0.3, -0.25) is 5.10 Å². The summed E-state index contributed by atoms with van der Waals surface area (Å²) < 4.78 is 0. The van der Waals surface area contributed by atoms with Crippen molar-refractivity contribution >= 4 is 5.96 Å². The quantitative estimate of drug-likeness (QED) is 0.405. The fourth-order valence-electron chi connectivity index (χ4n) is 2.06. The molecule has 1 atom stereocenters. The van der Waals surface area contributed by atoms with E-state index in [0.29, 0.717) is 12.5 Å². The van der Waals surface area contributed by atoms with E-state index in [1.165, 1.54) is 0 Å². The average molecular weight is 281 g/mol. The zero-order valence-corrected chi connectivity index (χ0v) is 12.5. The molecule has 0 spiro atoms. The number of hydrogen-bond acceptors (Lipinski definition) is 3. The van der Waals surface area contributed by atoms with E-state index in [2.05, 4.69) is 32.7 Å². The molecule has 0 aliphatic heterocycles. The van der Waals surface area contributed by atoms with Crippen molar-refractivity contribution in [3.8, 4) is 0 Å². The second kappa shape index (κ2) is 10.3. The normalized spacial score (nSPS) is 13.2. The van der Waals surface area contributed by atoms with E-state index in [1.54, 1.807) is 6.20 Å². The lowest BCUT2D eigenvalue weighted by Crippen LogP contribution is -2.40. The molecule has 6 heteroatoms. The van der Waals surface area contributed by atoms with Gasteiger partial charge in [-0.15, -0.1) is 0 Å². The third-order valence-corrected chi connectivity index (χ3v) is 3.10. The highest BCUT2D eigenvalue weighted by atomic mass is 16.3. The first kappa shape index (κ1) is 16.5. The van der Waals surface area contributed by atoms with Crippen LogP contribution in [0, 0.1) is 5.92 Å². The Kier molecular flexibility index (Phi) is 8.46.